The molecule has 2 atom stereocenters. The number of hydrogen-bond acceptors (Lipinski definition) is 7. The summed E-state index contributed by atoms with van der Waals surface area (Å²) in [6.07, 6.45) is 7.96. The zero-order chi connectivity index (χ0) is 22.2. The number of nitrogens with zero attached hydrogens (tertiary/aromatic N) is 6. The van der Waals surface area contributed by atoms with Crippen molar-refractivity contribution >= 4 is 11.5 Å². The summed E-state index contributed by atoms with van der Waals surface area (Å²) in [6, 6.07) is 5.35. The molecule has 0 radical (unpaired) electrons. The Bertz CT molecular complexity index is 1190. The van der Waals surface area contributed by atoms with Crippen LogP contribution in [0.15, 0.2) is 42.9 Å². The molecule has 2 aromatic heterocycles. The van der Waals surface area contributed by atoms with E-state index in [1.807, 2.05) is 11.8 Å². The predicted octanol–water partition coefficient (Wildman–Crippen LogP) is 2.56. The standard InChI is InChI=1S/C23H24N6O3/c1-14-11-24-22(32-3)21(27-14)15-8-16-12-28(13-17(16)9-15)23(30)19-5-4-18(31-2)10-20(19)29-25-6-7-26-29/h4-8,10-11,16-17H,9,12-13H2,1-3H3. The summed E-state index contributed by atoms with van der Waals surface area (Å²) in [4.78, 5) is 25.8. The van der Waals surface area contributed by atoms with Crippen molar-refractivity contribution in [3.63, 3.8) is 0 Å². The van der Waals surface area contributed by atoms with Crippen LogP contribution in [-0.2, 0) is 0 Å². The number of rotatable bonds is 5. The van der Waals surface area contributed by atoms with Gasteiger partial charge in [0.25, 0.3) is 5.91 Å². The molecule has 1 saturated heterocycles. The molecule has 164 valence electrons. The number of methoxy groups -OCH3 is 2. The zero-order valence-electron chi connectivity index (χ0n) is 18.2. The van der Waals surface area contributed by atoms with Crippen molar-refractivity contribution in [3.8, 4) is 17.3 Å². The highest BCUT2D eigenvalue weighted by Gasteiger charge is 2.40. The molecule has 0 N–H and O–H groups in total. The summed E-state index contributed by atoms with van der Waals surface area (Å²) in [5.41, 5.74) is 3.97. The molecule has 5 rings (SSSR count). The fourth-order valence-corrected chi connectivity index (χ4v) is 4.57. The molecule has 2 unspecified atom stereocenters. The first-order chi connectivity index (χ1) is 15.6. The van der Waals surface area contributed by atoms with Crippen LogP contribution in [0.1, 0.15) is 28.2 Å². The second-order valence-corrected chi connectivity index (χ2v) is 8.10. The van der Waals surface area contributed by atoms with E-state index in [4.69, 9.17) is 9.47 Å². The number of fused-ring (bicyclic) bond motifs is 1. The molecule has 1 fully saturated rings. The molecular formula is C23H24N6O3. The van der Waals surface area contributed by atoms with Crippen molar-refractivity contribution in [3.05, 3.63) is 59.8 Å². The number of amides is 1. The minimum Gasteiger partial charge on any atom is -0.497 e. The summed E-state index contributed by atoms with van der Waals surface area (Å²) in [5, 5.41) is 8.40. The van der Waals surface area contributed by atoms with Crippen LogP contribution in [-0.4, -0.2) is 63.1 Å². The Kier molecular flexibility index (Phi) is 5.08. The molecule has 0 spiro atoms. The van der Waals surface area contributed by atoms with Crippen molar-refractivity contribution in [2.24, 2.45) is 11.8 Å². The number of aromatic nitrogens is 5. The van der Waals surface area contributed by atoms with Crippen LogP contribution in [0.5, 0.6) is 11.6 Å². The van der Waals surface area contributed by atoms with Crippen LogP contribution in [0.25, 0.3) is 11.3 Å². The first-order valence-corrected chi connectivity index (χ1v) is 10.5. The van der Waals surface area contributed by atoms with Gasteiger partial charge < -0.3 is 14.4 Å². The maximum atomic E-state index is 13.4. The van der Waals surface area contributed by atoms with E-state index in [9.17, 15) is 4.79 Å². The molecule has 3 heterocycles. The topological polar surface area (TPSA) is 95.3 Å². The van der Waals surface area contributed by atoms with Gasteiger partial charge in [-0.3, -0.25) is 4.79 Å². The van der Waals surface area contributed by atoms with Crippen LogP contribution in [0.2, 0.25) is 0 Å². The molecule has 2 aliphatic rings. The molecule has 9 nitrogen and oxygen atoms in total. The fourth-order valence-electron chi connectivity index (χ4n) is 4.57. The Morgan fingerprint density at radius 2 is 1.94 bits per heavy atom. The number of benzene rings is 1. The molecule has 1 aromatic carbocycles. The molecule has 1 amide bonds. The maximum absolute atomic E-state index is 13.4. The molecule has 9 heteroatoms. The Morgan fingerprint density at radius 1 is 1.12 bits per heavy atom. The first-order valence-electron chi connectivity index (χ1n) is 10.5. The van der Waals surface area contributed by atoms with Crippen molar-refractivity contribution in [1.82, 2.24) is 29.9 Å². The molecule has 0 bridgehead atoms. The average Bonchev–Trinajstić information content (AvgIpc) is 3.55. The number of ether oxygens (including phenoxy) is 2. The lowest BCUT2D eigenvalue weighted by Gasteiger charge is -2.19. The highest BCUT2D eigenvalue weighted by Crippen LogP contribution is 2.42. The highest BCUT2D eigenvalue weighted by molar-refractivity contribution is 5.98. The van der Waals surface area contributed by atoms with Crippen LogP contribution >= 0.6 is 0 Å². The van der Waals surface area contributed by atoms with Gasteiger partial charge in [0.05, 0.1) is 44.1 Å². The molecule has 1 aliphatic carbocycles. The minimum atomic E-state index is -0.0303. The van der Waals surface area contributed by atoms with E-state index >= 15 is 0 Å². The van der Waals surface area contributed by atoms with Crippen molar-refractivity contribution in [1.29, 1.82) is 0 Å². The average molecular weight is 432 g/mol. The van der Waals surface area contributed by atoms with E-state index in [0.717, 1.165) is 23.4 Å². The van der Waals surface area contributed by atoms with Gasteiger partial charge in [-0.2, -0.15) is 15.0 Å². The Hall–Kier alpha value is -3.75. The highest BCUT2D eigenvalue weighted by atomic mass is 16.5. The maximum Gasteiger partial charge on any atom is 0.256 e. The quantitative estimate of drug-likeness (QED) is 0.611. The van der Waals surface area contributed by atoms with Gasteiger partial charge in [0.2, 0.25) is 5.88 Å². The van der Waals surface area contributed by atoms with Crippen LogP contribution < -0.4 is 9.47 Å². The van der Waals surface area contributed by atoms with Gasteiger partial charge >= 0.3 is 0 Å². The molecule has 0 saturated carbocycles. The zero-order valence-corrected chi connectivity index (χ0v) is 18.2. The largest absolute Gasteiger partial charge is 0.497 e. The lowest BCUT2D eigenvalue weighted by atomic mass is 9.99. The van der Waals surface area contributed by atoms with Gasteiger partial charge in [-0.1, -0.05) is 6.08 Å². The summed E-state index contributed by atoms with van der Waals surface area (Å²) in [6.45, 7) is 3.27. The number of hydrogen-bond donors (Lipinski definition) is 0. The monoisotopic (exact) mass is 432 g/mol. The summed E-state index contributed by atoms with van der Waals surface area (Å²) in [7, 11) is 3.21. The molecule has 1 aliphatic heterocycles. The third-order valence-electron chi connectivity index (χ3n) is 6.10. The van der Waals surface area contributed by atoms with Crippen LogP contribution in [0.4, 0.5) is 0 Å². The predicted molar refractivity (Wildman–Crippen MR) is 117 cm³/mol. The van der Waals surface area contributed by atoms with Crippen LogP contribution in [0, 0.1) is 18.8 Å². The SMILES string of the molecule is COc1ccc(C(=O)N2CC3C=C(c4nc(C)cnc4OC)CC3C2)c(-n2nccn2)c1. The fraction of sp³-hybridized carbons (Fsp3) is 0.348. The van der Waals surface area contributed by atoms with Gasteiger partial charge in [-0.15, -0.1) is 0 Å². The van der Waals surface area contributed by atoms with E-state index in [1.165, 1.54) is 4.80 Å². The van der Waals surface area contributed by atoms with Crippen molar-refractivity contribution in [2.75, 3.05) is 27.3 Å². The van der Waals surface area contributed by atoms with Gasteiger partial charge in [-0.25, -0.2) is 9.97 Å². The van der Waals surface area contributed by atoms with Crippen molar-refractivity contribution in [2.45, 2.75) is 13.3 Å². The van der Waals surface area contributed by atoms with E-state index in [1.54, 1.807) is 51.0 Å². The van der Waals surface area contributed by atoms with Gasteiger partial charge in [0, 0.05) is 19.2 Å². The van der Waals surface area contributed by atoms with E-state index in [2.05, 4.69) is 26.2 Å². The smallest absolute Gasteiger partial charge is 0.256 e. The number of carbonyl (C=O) groups excluding carboxylic acids is 1. The van der Waals surface area contributed by atoms with E-state index in [0.29, 0.717) is 41.9 Å². The number of aryl methyl sites for hydroxylation is 1. The summed E-state index contributed by atoms with van der Waals surface area (Å²) < 4.78 is 10.7. The second-order valence-electron chi connectivity index (χ2n) is 8.10. The third-order valence-corrected chi connectivity index (χ3v) is 6.10. The first kappa shape index (κ1) is 20.2. The minimum absolute atomic E-state index is 0.0303. The van der Waals surface area contributed by atoms with Crippen LogP contribution in [0.3, 0.4) is 0 Å². The lowest BCUT2D eigenvalue weighted by Crippen LogP contribution is -2.30. The Morgan fingerprint density at radius 3 is 2.66 bits per heavy atom. The van der Waals surface area contributed by atoms with E-state index in [-0.39, 0.29) is 11.8 Å². The van der Waals surface area contributed by atoms with Gasteiger partial charge in [0.15, 0.2) is 0 Å². The number of carbonyl (C=O) groups is 1. The lowest BCUT2D eigenvalue weighted by molar-refractivity contribution is 0.0784. The van der Waals surface area contributed by atoms with Crippen molar-refractivity contribution < 1.29 is 14.3 Å². The molecule has 3 aromatic rings. The molecular weight excluding hydrogens is 408 g/mol. The Balaban J connectivity index is 1.39. The number of likely N-dealkylation sites (tertiary alicyclic amines) is 1. The molecule has 32 heavy (non-hydrogen) atoms. The summed E-state index contributed by atoms with van der Waals surface area (Å²) in [5.74, 6) is 1.80. The van der Waals surface area contributed by atoms with Gasteiger partial charge in [0.1, 0.15) is 17.1 Å². The third kappa shape index (κ3) is 3.49. The van der Waals surface area contributed by atoms with Gasteiger partial charge in [-0.05, 0) is 42.9 Å². The summed E-state index contributed by atoms with van der Waals surface area (Å²) >= 11 is 0. The Labute approximate surface area is 185 Å². The van der Waals surface area contributed by atoms with E-state index < -0.39 is 0 Å². The normalized spacial score (nSPS) is 19.6. The second kappa shape index (κ2) is 8.07. The number of allylic oxidation sites excluding steroid dienone is 1.